The number of nitrogens with one attached hydrogen (secondary N) is 2. The van der Waals surface area contributed by atoms with Crippen molar-refractivity contribution in [1.82, 2.24) is 5.32 Å². The maximum Gasteiger partial charge on any atom is 0.170 e. The van der Waals surface area contributed by atoms with Crippen LogP contribution >= 0.6 is 12.2 Å². The highest BCUT2D eigenvalue weighted by molar-refractivity contribution is 7.80. The number of thiocarbonyl (C=S) groups is 1. The van der Waals surface area contributed by atoms with Crippen LogP contribution in [0.3, 0.4) is 0 Å². The molecule has 1 aromatic carbocycles. The Kier molecular flexibility index (Phi) is 4.85. The van der Waals surface area contributed by atoms with Crippen molar-refractivity contribution in [1.29, 1.82) is 0 Å². The molecule has 0 radical (unpaired) electrons. The van der Waals surface area contributed by atoms with Crippen LogP contribution in [0.4, 0.5) is 5.69 Å². The van der Waals surface area contributed by atoms with Gasteiger partial charge in [-0.2, -0.15) is 0 Å². The van der Waals surface area contributed by atoms with E-state index in [4.69, 9.17) is 21.7 Å². The van der Waals surface area contributed by atoms with Crippen LogP contribution in [-0.4, -0.2) is 25.9 Å². The van der Waals surface area contributed by atoms with E-state index in [1.54, 1.807) is 14.2 Å². The van der Waals surface area contributed by atoms with E-state index in [0.717, 1.165) is 23.7 Å². The Morgan fingerprint density at radius 1 is 1.19 bits per heavy atom. The predicted molar refractivity (Wildman–Crippen MR) is 69.4 cm³/mol. The molecule has 0 fully saturated rings. The highest BCUT2D eigenvalue weighted by atomic mass is 32.1. The Balaban J connectivity index is 2.82. The number of rotatable bonds is 4. The zero-order valence-corrected chi connectivity index (χ0v) is 10.5. The third-order valence-corrected chi connectivity index (χ3v) is 2.19. The lowest BCUT2D eigenvalue weighted by Gasteiger charge is -2.11. The molecule has 0 aliphatic rings. The van der Waals surface area contributed by atoms with Crippen molar-refractivity contribution in [3.8, 4) is 11.5 Å². The summed E-state index contributed by atoms with van der Waals surface area (Å²) in [6.45, 7) is 2.77. The zero-order chi connectivity index (χ0) is 12.0. The third kappa shape index (κ3) is 3.58. The van der Waals surface area contributed by atoms with E-state index in [1.807, 2.05) is 25.1 Å². The Hall–Kier alpha value is -1.49. The molecule has 2 N–H and O–H groups in total. The third-order valence-electron chi connectivity index (χ3n) is 1.95. The summed E-state index contributed by atoms with van der Waals surface area (Å²) in [4.78, 5) is 0. The second kappa shape index (κ2) is 6.17. The molecular weight excluding hydrogens is 224 g/mol. The van der Waals surface area contributed by atoms with Gasteiger partial charge in [0.1, 0.15) is 11.5 Å². The molecule has 88 valence electrons. The van der Waals surface area contributed by atoms with E-state index in [-0.39, 0.29) is 0 Å². The van der Waals surface area contributed by atoms with Gasteiger partial charge in [-0.15, -0.1) is 0 Å². The van der Waals surface area contributed by atoms with E-state index < -0.39 is 0 Å². The molecule has 0 saturated heterocycles. The lowest BCUT2D eigenvalue weighted by molar-refractivity contribution is 0.395. The first-order valence-electron chi connectivity index (χ1n) is 4.97. The van der Waals surface area contributed by atoms with Gasteiger partial charge in [0, 0.05) is 30.4 Å². The van der Waals surface area contributed by atoms with E-state index in [1.165, 1.54) is 0 Å². The van der Waals surface area contributed by atoms with Crippen LogP contribution in [0.1, 0.15) is 6.92 Å². The summed E-state index contributed by atoms with van der Waals surface area (Å²) in [6, 6.07) is 5.51. The first kappa shape index (κ1) is 12.6. The van der Waals surface area contributed by atoms with Crippen LogP contribution in [0.25, 0.3) is 0 Å². The SMILES string of the molecule is CCNC(=S)Nc1cc(OC)cc(OC)c1. The molecule has 0 spiro atoms. The summed E-state index contributed by atoms with van der Waals surface area (Å²) in [5.74, 6) is 1.45. The summed E-state index contributed by atoms with van der Waals surface area (Å²) in [7, 11) is 3.22. The lowest BCUT2D eigenvalue weighted by atomic mass is 10.3. The standard InChI is InChI=1S/C11H16N2O2S/c1-4-12-11(16)13-8-5-9(14-2)7-10(6-8)15-3/h5-7H,4H2,1-3H3,(H2,12,13,16). The minimum atomic E-state index is 0.581. The van der Waals surface area contributed by atoms with Gasteiger partial charge in [-0.25, -0.2) is 0 Å². The molecule has 0 aliphatic carbocycles. The van der Waals surface area contributed by atoms with Crippen molar-refractivity contribution < 1.29 is 9.47 Å². The molecule has 4 nitrogen and oxygen atoms in total. The summed E-state index contributed by atoms with van der Waals surface area (Å²) >= 11 is 5.09. The number of benzene rings is 1. The molecule has 0 atom stereocenters. The first-order valence-corrected chi connectivity index (χ1v) is 5.38. The normalized spacial score (nSPS) is 9.44. The van der Waals surface area contributed by atoms with Gasteiger partial charge in [0.15, 0.2) is 5.11 Å². The van der Waals surface area contributed by atoms with Gasteiger partial charge in [0.2, 0.25) is 0 Å². The lowest BCUT2D eigenvalue weighted by Crippen LogP contribution is -2.27. The summed E-state index contributed by atoms with van der Waals surface area (Å²) in [5.41, 5.74) is 0.835. The first-order chi connectivity index (χ1) is 7.69. The van der Waals surface area contributed by atoms with Gasteiger partial charge >= 0.3 is 0 Å². The van der Waals surface area contributed by atoms with Crippen molar-refractivity contribution in [3.63, 3.8) is 0 Å². The fraction of sp³-hybridized carbons (Fsp3) is 0.364. The second-order valence-electron chi connectivity index (χ2n) is 3.09. The van der Waals surface area contributed by atoms with Gasteiger partial charge in [0.05, 0.1) is 14.2 Å². The van der Waals surface area contributed by atoms with Crippen LogP contribution in [-0.2, 0) is 0 Å². The Morgan fingerprint density at radius 3 is 2.19 bits per heavy atom. The highest BCUT2D eigenvalue weighted by Crippen LogP contribution is 2.25. The fourth-order valence-electron chi connectivity index (χ4n) is 1.22. The topological polar surface area (TPSA) is 42.5 Å². The molecule has 0 unspecified atom stereocenters. The molecule has 0 amide bonds. The van der Waals surface area contributed by atoms with Crippen LogP contribution in [0.15, 0.2) is 18.2 Å². The second-order valence-corrected chi connectivity index (χ2v) is 3.49. The van der Waals surface area contributed by atoms with Crippen LogP contribution in [0, 0.1) is 0 Å². The molecule has 0 bridgehead atoms. The van der Waals surface area contributed by atoms with Crippen LogP contribution < -0.4 is 20.1 Å². The molecule has 0 aromatic heterocycles. The van der Waals surface area contributed by atoms with E-state index in [0.29, 0.717) is 5.11 Å². The molecule has 0 heterocycles. The number of hydrogen-bond donors (Lipinski definition) is 2. The summed E-state index contributed by atoms with van der Waals surface area (Å²) in [6.07, 6.45) is 0. The number of anilines is 1. The molecule has 5 heteroatoms. The summed E-state index contributed by atoms with van der Waals surface area (Å²) < 4.78 is 10.3. The van der Waals surface area contributed by atoms with Gasteiger partial charge in [-0.3, -0.25) is 0 Å². The average molecular weight is 240 g/mol. The average Bonchev–Trinajstić information content (AvgIpc) is 2.28. The highest BCUT2D eigenvalue weighted by Gasteiger charge is 2.02. The maximum atomic E-state index is 5.16. The largest absolute Gasteiger partial charge is 0.497 e. The molecule has 0 aliphatic heterocycles. The smallest absolute Gasteiger partial charge is 0.170 e. The molecule has 16 heavy (non-hydrogen) atoms. The molecular formula is C11H16N2O2S. The van der Waals surface area contributed by atoms with Crippen LogP contribution in [0.5, 0.6) is 11.5 Å². The maximum absolute atomic E-state index is 5.16. The molecule has 1 rings (SSSR count). The predicted octanol–water partition coefficient (Wildman–Crippen LogP) is 2.01. The van der Waals surface area contributed by atoms with Crippen molar-refractivity contribution >= 4 is 23.0 Å². The van der Waals surface area contributed by atoms with Crippen molar-refractivity contribution in [2.75, 3.05) is 26.1 Å². The van der Waals surface area contributed by atoms with E-state index >= 15 is 0 Å². The van der Waals surface area contributed by atoms with Crippen LogP contribution in [0.2, 0.25) is 0 Å². The van der Waals surface area contributed by atoms with Gasteiger partial charge in [-0.1, -0.05) is 0 Å². The van der Waals surface area contributed by atoms with Gasteiger partial charge in [-0.05, 0) is 19.1 Å². The van der Waals surface area contributed by atoms with E-state index in [9.17, 15) is 0 Å². The van der Waals surface area contributed by atoms with E-state index in [2.05, 4.69) is 10.6 Å². The van der Waals surface area contributed by atoms with Crippen molar-refractivity contribution in [2.24, 2.45) is 0 Å². The van der Waals surface area contributed by atoms with Crippen molar-refractivity contribution in [2.45, 2.75) is 6.92 Å². The van der Waals surface area contributed by atoms with Gasteiger partial charge < -0.3 is 20.1 Å². The molecule has 0 saturated carbocycles. The van der Waals surface area contributed by atoms with Gasteiger partial charge in [0.25, 0.3) is 0 Å². The van der Waals surface area contributed by atoms with Crippen molar-refractivity contribution in [3.05, 3.63) is 18.2 Å². The minimum Gasteiger partial charge on any atom is -0.497 e. The quantitative estimate of drug-likeness (QED) is 0.788. The number of ether oxygens (including phenoxy) is 2. The number of hydrogen-bond acceptors (Lipinski definition) is 3. The Bertz CT molecular complexity index is 347. The fourth-order valence-corrected chi connectivity index (χ4v) is 1.48. The zero-order valence-electron chi connectivity index (χ0n) is 9.66. The number of methoxy groups -OCH3 is 2. The summed E-state index contributed by atoms with van der Waals surface area (Å²) in [5, 5.41) is 6.64. The Morgan fingerprint density at radius 2 is 1.75 bits per heavy atom. The Labute approximate surface area is 101 Å². The molecule has 1 aromatic rings. The monoisotopic (exact) mass is 240 g/mol. The minimum absolute atomic E-state index is 0.581.